The quantitative estimate of drug-likeness (QED) is 0.491. The molecule has 0 spiro atoms. The summed E-state index contributed by atoms with van der Waals surface area (Å²) in [5.41, 5.74) is 0.0102. The van der Waals surface area contributed by atoms with Crippen molar-refractivity contribution in [3.63, 3.8) is 0 Å². The molecular formula is C15H16N2O5. The Morgan fingerprint density at radius 3 is 2.50 bits per heavy atom. The highest BCUT2D eigenvalue weighted by molar-refractivity contribution is 5.84. The van der Waals surface area contributed by atoms with Crippen molar-refractivity contribution in [2.75, 3.05) is 0 Å². The van der Waals surface area contributed by atoms with Gasteiger partial charge in [0.15, 0.2) is 0 Å². The van der Waals surface area contributed by atoms with Crippen molar-refractivity contribution in [3.8, 4) is 0 Å². The molecule has 0 radical (unpaired) electrons. The Morgan fingerprint density at radius 1 is 1.23 bits per heavy atom. The Morgan fingerprint density at radius 2 is 1.91 bits per heavy atom. The van der Waals surface area contributed by atoms with Gasteiger partial charge in [-0.1, -0.05) is 0 Å². The van der Waals surface area contributed by atoms with Crippen LogP contribution in [0, 0.1) is 10.1 Å². The molecule has 22 heavy (non-hydrogen) atoms. The van der Waals surface area contributed by atoms with Crippen LogP contribution in [0.5, 0.6) is 0 Å². The van der Waals surface area contributed by atoms with Gasteiger partial charge in [0.05, 0.1) is 16.5 Å². The van der Waals surface area contributed by atoms with Gasteiger partial charge < -0.3 is 4.74 Å². The van der Waals surface area contributed by atoms with Gasteiger partial charge in [0.2, 0.25) is 0 Å². The normalized spacial score (nSPS) is 12.4. The van der Waals surface area contributed by atoms with Gasteiger partial charge in [-0.25, -0.2) is 4.79 Å². The van der Waals surface area contributed by atoms with Crippen molar-refractivity contribution in [1.29, 1.82) is 0 Å². The first-order chi connectivity index (χ1) is 10.3. The molecule has 0 amide bonds. The van der Waals surface area contributed by atoms with Gasteiger partial charge in [-0.2, -0.15) is 0 Å². The molecule has 116 valence electrons. The number of pyridine rings is 1. The number of esters is 1. The minimum Gasteiger partial charge on any atom is -0.461 e. The number of nitro groups is 1. The smallest absolute Gasteiger partial charge is 0.329 e. The van der Waals surface area contributed by atoms with Crippen molar-refractivity contribution in [2.24, 2.45) is 0 Å². The van der Waals surface area contributed by atoms with E-state index in [1.807, 2.05) is 0 Å². The second kappa shape index (κ2) is 5.97. The maximum atomic E-state index is 12.1. The van der Waals surface area contributed by atoms with Crippen LogP contribution < -0.4 is 5.56 Å². The number of nitro benzene ring substituents is 1. The fourth-order valence-electron chi connectivity index (χ4n) is 2.20. The first-order valence-electron chi connectivity index (χ1n) is 6.81. The van der Waals surface area contributed by atoms with Crippen LogP contribution in [-0.4, -0.2) is 21.6 Å². The van der Waals surface area contributed by atoms with Crippen molar-refractivity contribution >= 4 is 22.6 Å². The standard InChI is InChI=1S/C15H16N2O5/c1-9(2)22-15(19)10(3)16-13-6-5-12(17(20)21)8-11(13)4-7-14(16)18/h4-10H,1-3H3. The number of carbonyl (C=O) groups is 1. The monoisotopic (exact) mass is 304 g/mol. The summed E-state index contributed by atoms with van der Waals surface area (Å²) in [6.07, 6.45) is -0.290. The minimum absolute atomic E-state index is 0.0740. The lowest BCUT2D eigenvalue weighted by Crippen LogP contribution is -2.30. The molecule has 1 atom stereocenters. The van der Waals surface area contributed by atoms with Crippen LogP contribution in [0.15, 0.2) is 35.1 Å². The summed E-state index contributed by atoms with van der Waals surface area (Å²) in [5.74, 6) is -0.525. The fraction of sp³-hybridized carbons (Fsp3) is 0.333. The van der Waals surface area contributed by atoms with Crippen LogP contribution in [0.2, 0.25) is 0 Å². The zero-order valence-corrected chi connectivity index (χ0v) is 12.5. The number of fused-ring (bicyclic) bond motifs is 1. The predicted octanol–water partition coefficient (Wildman–Crippen LogP) is 2.42. The molecule has 7 heteroatoms. The van der Waals surface area contributed by atoms with E-state index in [4.69, 9.17) is 4.74 Å². The highest BCUT2D eigenvalue weighted by Crippen LogP contribution is 2.22. The molecule has 7 nitrogen and oxygen atoms in total. The molecule has 2 aromatic rings. The highest BCUT2D eigenvalue weighted by Gasteiger charge is 2.21. The largest absolute Gasteiger partial charge is 0.461 e. The van der Waals surface area contributed by atoms with E-state index in [0.29, 0.717) is 10.9 Å². The Labute approximate surface area is 126 Å². The van der Waals surface area contributed by atoms with E-state index < -0.39 is 16.9 Å². The molecule has 0 saturated heterocycles. The van der Waals surface area contributed by atoms with Crippen LogP contribution in [0.25, 0.3) is 10.9 Å². The topological polar surface area (TPSA) is 91.4 Å². The number of non-ortho nitro benzene ring substituents is 1. The van der Waals surface area contributed by atoms with E-state index in [1.54, 1.807) is 20.8 Å². The Balaban J connectivity index is 2.57. The molecular weight excluding hydrogens is 288 g/mol. The molecule has 1 unspecified atom stereocenters. The Kier molecular flexibility index (Phi) is 4.25. The molecule has 0 aliphatic heterocycles. The van der Waals surface area contributed by atoms with Gasteiger partial charge in [-0.05, 0) is 32.9 Å². The van der Waals surface area contributed by atoms with Crippen LogP contribution in [0.3, 0.4) is 0 Å². The molecule has 0 fully saturated rings. The molecule has 0 N–H and O–H groups in total. The van der Waals surface area contributed by atoms with Gasteiger partial charge in [0.25, 0.3) is 11.2 Å². The second-order valence-electron chi connectivity index (χ2n) is 5.20. The zero-order chi connectivity index (χ0) is 16.4. The van der Waals surface area contributed by atoms with Crippen LogP contribution in [-0.2, 0) is 9.53 Å². The van der Waals surface area contributed by atoms with Crippen LogP contribution in [0.4, 0.5) is 5.69 Å². The average Bonchev–Trinajstić information content (AvgIpc) is 2.45. The summed E-state index contributed by atoms with van der Waals surface area (Å²) in [7, 11) is 0. The molecule has 0 aliphatic carbocycles. The number of carbonyl (C=O) groups excluding carboxylic acids is 1. The van der Waals surface area contributed by atoms with Gasteiger partial charge in [0, 0.05) is 23.6 Å². The third-order valence-corrected chi connectivity index (χ3v) is 3.20. The number of nitrogens with zero attached hydrogens (tertiary/aromatic N) is 2. The first kappa shape index (κ1) is 15.7. The Bertz CT molecular complexity index is 794. The van der Waals surface area contributed by atoms with Crippen LogP contribution in [0.1, 0.15) is 26.8 Å². The lowest BCUT2D eigenvalue weighted by atomic mass is 10.1. The van der Waals surface area contributed by atoms with E-state index in [1.165, 1.54) is 34.9 Å². The van der Waals surface area contributed by atoms with Gasteiger partial charge in [-0.15, -0.1) is 0 Å². The summed E-state index contributed by atoms with van der Waals surface area (Å²) in [6.45, 7) is 5.01. The zero-order valence-electron chi connectivity index (χ0n) is 12.5. The summed E-state index contributed by atoms with van der Waals surface area (Å²) in [6, 6.07) is 6.10. The van der Waals surface area contributed by atoms with E-state index in [-0.39, 0.29) is 17.4 Å². The second-order valence-corrected chi connectivity index (χ2v) is 5.20. The molecule has 0 bridgehead atoms. The Hall–Kier alpha value is -2.70. The molecule has 2 rings (SSSR count). The summed E-state index contributed by atoms with van der Waals surface area (Å²) < 4.78 is 6.41. The molecule has 1 heterocycles. The van der Waals surface area contributed by atoms with Crippen molar-refractivity contribution < 1.29 is 14.5 Å². The predicted molar refractivity (Wildman–Crippen MR) is 80.8 cm³/mol. The van der Waals surface area contributed by atoms with Gasteiger partial charge in [0.1, 0.15) is 6.04 Å². The first-order valence-corrected chi connectivity index (χ1v) is 6.81. The third-order valence-electron chi connectivity index (χ3n) is 3.20. The molecule has 0 saturated carbocycles. The minimum atomic E-state index is -0.819. The lowest BCUT2D eigenvalue weighted by molar-refractivity contribution is -0.384. The fourth-order valence-corrected chi connectivity index (χ4v) is 2.20. The lowest BCUT2D eigenvalue weighted by Gasteiger charge is -2.18. The van der Waals surface area contributed by atoms with Crippen molar-refractivity contribution in [2.45, 2.75) is 32.9 Å². The summed E-state index contributed by atoms with van der Waals surface area (Å²) >= 11 is 0. The number of benzene rings is 1. The highest BCUT2D eigenvalue weighted by atomic mass is 16.6. The maximum absolute atomic E-state index is 12.1. The summed E-state index contributed by atoms with van der Waals surface area (Å²) in [5, 5.41) is 11.3. The number of rotatable bonds is 4. The molecule has 1 aromatic heterocycles. The number of ether oxygens (including phenoxy) is 1. The average molecular weight is 304 g/mol. The molecule has 0 aliphatic rings. The van der Waals surface area contributed by atoms with Gasteiger partial charge >= 0.3 is 5.97 Å². The molecule has 1 aromatic carbocycles. The van der Waals surface area contributed by atoms with Crippen molar-refractivity contribution in [1.82, 2.24) is 4.57 Å². The van der Waals surface area contributed by atoms with E-state index in [9.17, 15) is 19.7 Å². The number of hydrogen-bond donors (Lipinski definition) is 0. The third kappa shape index (κ3) is 2.98. The SMILES string of the molecule is CC(C)OC(=O)C(C)n1c(=O)ccc2cc([N+](=O)[O-])ccc21. The van der Waals surface area contributed by atoms with E-state index in [0.717, 1.165) is 0 Å². The van der Waals surface area contributed by atoms with E-state index in [2.05, 4.69) is 0 Å². The van der Waals surface area contributed by atoms with Crippen LogP contribution >= 0.6 is 0 Å². The number of aromatic nitrogens is 1. The van der Waals surface area contributed by atoms with Gasteiger partial charge in [-0.3, -0.25) is 19.5 Å². The summed E-state index contributed by atoms with van der Waals surface area (Å²) in [4.78, 5) is 34.5. The number of hydrogen-bond acceptors (Lipinski definition) is 5. The van der Waals surface area contributed by atoms with Crippen molar-refractivity contribution in [3.05, 3.63) is 50.8 Å². The maximum Gasteiger partial charge on any atom is 0.329 e. The van der Waals surface area contributed by atoms with E-state index >= 15 is 0 Å².